The molecule has 1 N–H and O–H groups in total. The highest BCUT2D eigenvalue weighted by molar-refractivity contribution is 4.83. The minimum absolute atomic E-state index is 0.652. The first kappa shape index (κ1) is 8.52. The molecule has 0 aromatic rings. The van der Waals surface area contributed by atoms with E-state index >= 15 is 0 Å². The van der Waals surface area contributed by atoms with E-state index in [2.05, 4.69) is 7.05 Å². The van der Waals surface area contributed by atoms with Crippen molar-refractivity contribution >= 4 is 0 Å². The van der Waals surface area contributed by atoms with Crippen LogP contribution in [0.1, 0.15) is 25.7 Å². The van der Waals surface area contributed by atoms with E-state index in [1.54, 1.807) is 0 Å². The molecule has 2 aliphatic heterocycles. The summed E-state index contributed by atoms with van der Waals surface area (Å²) in [7, 11) is 4.06. The van der Waals surface area contributed by atoms with Gasteiger partial charge < -0.3 is 9.64 Å². The molecule has 0 saturated carbocycles. The van der Waals surface area contributed by atoms with Gasteiger partial charge in [0.2, 0.25) is 0 Å². The number of piperidine rings is 1. The molecule has 1 spiro atoms. The van der Waals surface area contributed by atoms with E-state index in [1.165, 1.54) is 43.7 Å². The van der Waals surface area contributed by atoms with Gasteiger partial charge in [0.05, 0.1) is 13.1 Å². The lowest BCUT2D eigenvalue weighted by Gasteiger charge is -2.43. The van der Waals surface area contributed by atoms with Gasteiger partial charge in [0.1, 0.15) is 0 Å². The molecule has 0 atom stereocenters. The fourth-order valence-corrected chi connectivity index (χ4v) is 2.44. The van der Waals surface area contributed by atoms with Crippen molar-refractivity contribution in [3.05, 3.63) is 7.05 Å². The molecule has 0 unspecified atom stereocenters. The SMILES string of the molecule is [CH2-][NH+]1CCC2(CCOCC2)CC1. The Balaban J connectivity index is 1.92. The molecule has 2 saturated heterocycles. The van der Waals surface area contributed by atoms with Gasteiger partial charge in [0.25, 0.3) is 0 Å². The number of ether oxygens (including phenoxy) is 1. The Labute approximate surface area is 74.9 Å². The number of hydrogen-bond donors (Lipinski definition) is 1. The summed E-state index contributed by atoms with van der Waals surface area (Å²) in [5.41, 5.74) is 0.652. The summed E-state index contributed by atoms with van der Waals surface area (Å²) in [4.78, 5) is 1.46. The third-order valence-corrected chi connectivity index (χ3v) is 3.57. The molecular formula is C10H19NO. The van der Waals surface area contributed by atoms with Crippen molar-refractivity contribution in [1.82, 2.24) is 0 Å². The number of likely N-dealkylation sites (tertiary alicyclic amines) is 1. The van der Waals surface area contributed by atoms with Crippen molar-refractivity contribution in [3.63, 3.8) is 0 Å². The summed E-state index contributed by atoms with van der Waals surface area (Å²) >= 11 is 0. The second-order valence-electron chi connectivity index (χ2n) is 4.36. The lowest BCUT2D eigenvalue weighted by molar-refractivity contribution is -0.862. The molecule has 2 rings (SSSR count). The zero-order chi connectivity index (χ0) is 8.44. The van der Waals surface area contributed by atoms with Gasteiger partial charge in [-0.15, -0.1) is 0 Å². The van der Waals surface area contributed by atoms with Crippen LogP contribution in [0.25, 0.3) is 0 Å². The molecule has 0 aromatic carbocycles. The largest absolute Gasteiger partial charge is 0.468 e. The van der Waals surface area contributed by atoms with Gasteiger partial charge in [-0.25, -0.2) is 0 Å². The van der Waals surface area contributed by atoms with Crippen molar-refractivity contribution in [2.24, 2.45) is 5.41 Å². The van der Waals surface area contributed by atoms with Crippen LogP contribution in [0.3, 0.4) is 0 Å². The Kier molecular flexibility index (Phi) is 2.37. The monoisotopic (exact) mass is 169 g/mol. The summed E-state index contributed by atoms with van der Waals surface area (Å²) in [6.45, 7) is 4.51. The average molecular weight is 169 g/mol. The fraction of sp³-hybridized carbons (Fsp3) is 0.900. The van der Waals surface area contributed by atoms with Crippen LogP contribution in [-0.2, 0) is 4.74 Å². The Morgan fingerprint density at radius 1 is 1.00 bits per heavy atom. The van der Waals surface area contributed by atoms with Gasteiger partial charge in [-0.1, -0.05) is 0 Å². The Hall–Kier alpha value is -0.0800. The molecule has 0 radical (unpaired) electrons. The first-order valence-electron chi connectivity index (χ1n) is 5.05. The number of hydrogen-bond acceptors (Lipinski definition) is 1. The number of quaternary nitrogens is 1. The van der Waals surface area contributed by atoms with Crippen LogP contribution in [0.15, 0.2) is 0 Å². The smallest absolute Gasteiger partial charge is 0.0535 e. The Morgan fingerprint density at radius 3 is 2.17 bits per heavy atom. The van der Waals surface area contributed by atoms with Crippen molar-refractivity contribution in [1.29, 1.82) is 0 Å². The Morgan fingerprint density at radius 2 is 1.58 bits per heavy atom. The summed E-state index contributed by atoms with van der Waals surface area (Å²) < 4.78 is 5.40. The van der Waals surface area contributed by atoms with Gasteiger partial charge >= 0.3 is 0 Å². The molecule has 2 heteroatoms. The third kappa shape index (κ3) is 1.64. The first-order valence-corrected chi connectivity index (χ1v) is 5.05. The summed E-state index contributed by atoms with van der Waals surface area (Å²) in [5.74, 6) is 0. The predicted molar refractivity (Wildman–Crippen MR) is 47.8 cm³/mol. The minimum Gasteiger partial charge on any atom is -0.468 e. The van der Waals surface area contributed by atoms with Crippen LogP contribution in [0.2, 0.25) is 0 Å². The van der Waals surface area contributed by atoms with Crippen LogP contribution in [0.5, 0.6) is 0 Å². The van der Waals surface area contributed by atoms with Gasteiger partial charge in [0, 0.05) is 26.1 Å². The molecule has 70 valence electrons. The second kappa shape index (κ2) is 3.35. The van der Waals surface area contributed by atoms with E-state index in [0.717, 1.165) is 13.2 Å². The molecule has 2 heterocycles. The van der Waals surface area contributed by atoms with E-state index < -0.39 is 0 Å². The van der Waals surface area contributed by atoms with E-state index in [4.69, 9.17) is 4.74 Å². The third-order valence-electron chi connectivity index (χ3n) is 3.57. The maximum atomic E-state index is 5.40. The van der Waals surface area contributed by atoms with Gasteiger partial charge in [-0.05, 0) is 18.3 Å². The maximum absolute atomic E-state index is 5.40. The second-order valence-corrected chi connectivity index (χ2v) is 4.36. The zero-order valence-corrected chi connectivity index (χ0v) is 7.77. The topological polar surface area (TPSA) is 13.7 Å². The maximum Gasteiger partial charge on any atom is 0.0535 e. The molecule has 0 aliphatic carbocycles. The van der Waals surface area contributed by atoms with Crippen molar-refractivity contribution in [3.8, 4) is 0 Å². The lowest BCUT2D eigenvalue weighted by atomic mass is 9.73. The number of rotatable bonds is 0. The van der Waals surface area contributed by atoms with Gasteiger partial charge in [0.15, 0.2) is 0 Å². The zero-order valence-electron chi connectivity index (χ0n) is 7.77. The Bertz CT molecular complexity index is 142. The molecule has 0 bridgehead atoms. The minimum atomic E-state index is 0.652. The highest BCUT2D eigenvalue weighted by Gasteiger charge is 2.35. The van der Waals surface area contributed by atoms with Crippen LogP contribution in [-0.4, -0.2) is 26.3 Å². The average Bonchev–Trinajstić information content (AvgIpc) is 2.13. The van der Waals surface area contributed by atoms with Crippen molar-refractivity contribution < 1.29 is 9.64 Å². The van der Waals surface area contributed by atoms with Crippen LogP contribution in [0.4, 0.5) is 0 Å². The lowest BCUT2D eigenvalue weighted by Crippen LogP contribution is -3.08. The van der Waals surface area contributed by atoms with E-state index in [1.807, 2.05) is 0 Å². The molecule has 0 amide bonds. The van der Waals surface area contributed by atoms with Crippen LogP contribution in [0, 0.1) is 12.5 Å². The van der Waals surface area contributed by atoms with Crippen LogP contribution >= 0.6 is 0 Å². The summed E-state index contributed by atoms with van der Waals surface area (Å²) in [6, 6.07) is 0. The molecule has 0 aromatic heterocycles. The molecule has 2 nitrogen and oxygen atoms in total. The van der Waals surface area contributed by atoms with Crippen LogP contribution < -0.4 is 4.90 Å². The summed E-state index contributed by atoms with van der Waals surface area (Å²) in [5, 5.41) is 0. The molecule has 2 fully saturated rings. The predicted octanol–water partition coefficient (Wildman–Crippen LogP) is 0.253. The highest BCUT2D eigenvalue weighted by atomic mass is 16.5. The molecule has 12 heavy (non-hydrogen) atoms. The van der Waals surface area contributed by atoms with E-state index in [-0.39, 0.29) is 0 Å². The van der Waals surface area contributed by atoms with E-state index in [9.17, 15) is 0 Å². The molecular weight excluding hydrogens is 150 g/mol. The number of nitrogens with one attached hydrogen (secondary N) is 1. The highest BCUT2D eigenvalue weighted by Crippen LogP contribution is 2.37. The summed E-state index contributed by atoms with van der Waals surface area (Å²) in [6.07, 6.45) is 5.32. The van der Waals surface area contributed by atoms with Crippen molar-refractivity contribution in [2.45, 2.75) is 25.7 Å². The molecule has 2 aliphatic rings. The standard InChI is InChI=1S/C10H19NO/c1-11-6-2-10(3-7-11)4-8-12-9-5-10/h11H,1-9H2. The van der Waals surface area contributed by atoms with Crippen molar-refractivity contribution in [2.75, 3.05) is 26.3 Å². The fourth-order valence-electron chi connectivity index (χ4n) is 2.44. The quantitative estimate of drug-likeness (QED) is 0.513. The van der Waals surface area contributed by atoms with E-state index in [0.29, 0.717) is 5.41 Å². The van der Waals surface area contributed by atoms with Gasteiger partial charge in [-0.3, -0.25) is 0 Å². The first-order chi connectivity index (χ1) is 5.81. The van der Waals surface area contributed by atoms with Gasteiger partial charge in [-0.2, -0.15) is 7.05 Å². The normalized spacial score (nSPS) is 30.8.